The molecule has 5 rings (SSSR count). The summed E-state index contributed by atoms with van der Waals surface area (Å²) in [6, 6.07) is 20.3. The number of thiazole rings is 1. The van der Waals surface area contributed by atoms with E-state index in [0.717, 1.165) is 47.7 Å². The van der Waals surface area contributed by atoms with E-state index < -0.39 is 10.0 Å². The van der Waals surface area contributed by atoms with Crippen LogP contribution in [0, 0.1) is 0 Å². The molecule has 0 unspecified atom stereocenters. The number of nitrogens with one attached hydrogen (secondary N) is 1. The first kappa shape index (κ1) is 22.7. The molecule has 1 aliphatic carbocycles. The molecule has 0 saturated heterocycles. The zero-order chi connectivity index (χ0) is 23.7. The molecular formula is C26H25N3O3S2. The molecule has 1 saturated carbocycles. The van der Waals surface area contributed by atoms with Gasteiger partial charge < -0.3 is 0 Å². The standard InChI is InChI=1S/C26H25N3O3S2/c1-29(20-9-3-4-10-20)34(31,32)21-15-13-19(14-16-21)25(30)28-26-27-24(17-33-26)23-12-6-8-18-7-2-5-11-22(18)23/h2,5-8,11-17,20H,3-4,9-10H2,1H3,(H,27,28,30). The van der Waals surface area contributed by atoms with Crippen LogP contribution in [0.4, 0.5) is 5.13 Å². The van der Waals surface area contributed by atoms with E-state index in [1.807, 2.05) is 29.6 Å². The van der Waals surface area contributed by atoms with Gasteiger partial charge in [0.1, 0.15) is 0 Å². The molecule has 0 spiro atoms. The normalized spacial score (nSPS) is 14.6. The Bertz CT molecular complexity index is 1430. The van der Waals surface area contributed by atoms with Gasteiger partial charge in [0.2, 0.25) is 10.0 Å². The minimum Gasteiger partial charge on any atom is -0.298 e. The van der Waals surface area contributed by atoms with Crippen LogP contribution in [0.1, 0.15) is 36.0 Å². The Hall–Kier alpha value is -3.07. The fraction of sp³-hybridized carbons (Fsp3) is 0.231. The monoisotopic (exact) mass is 491 g/mol. The van der Waals surface area contributed by atoms with E-state index in [1.54, 1.807) is 19.2 Å². The van der Waals surface area contributed by atoms with Crippen LogP contribution in [0.15, 0.2) is 77.0 Å². The third-order valence-electron chi connectivity index (χ3n) is 6.42. The molecule has 1 heterocycles. The second-order valence-electron chi connectivity index (χ2n) is 8.50. The number of carbonyl (C=O) groups is 1. The van der Waals surface area contributed by atoms with Crippen molar-refractivity contribution in [1.82, 2.24) is 9.29 Å². The Balaban J connectivity index is 1.31. The molecule has 6 nitrogen and oxygen atoms in total. The van der Waals surface area contributed by atoms with Gasteiger partial charge in [-0.1, -0.05) is 55.3 Å². The number of anilines is 1. The lowest BCUT2D eigenvalue weighted by molar-refractivity contribution is 0.102. The number of fused-ring (bicyclic) bond motifs is 1. The summed E-state index contributed by atoms with van der Waals surface area (Å²) in [5.41, 5.74) is 2.19. The minimum absolute atomic E-state index is 0.0498. The molecule has 174 valence electrons. The second kappa shape index (κ2) is 9.29. The summed E-state index contributed by atoms with van der Waals surface area (Å²) in [6.07, 6.45) is 3.90. The molecule has 0 atom stereocenters. The largest absolute Gasteiger partial charge is 0.298 e. The number of amides is 1. The number of sulfonamides is 1. The summed E-state index contributed by atoms with van der Waals surface area (Å²) in [6.45, 7) is 0. The summed E-state index contributed by atoms with van der Waals surface area (Å²) in [7, 11) is -1.94. The van der Waals surface area contributed by atoms with E-state index in [9.17, 15) is 13.2 Å². The summed E-state index contributed by atoms with van der Waals surface area (Å²) < 4.78 is 27.3. The zero-order valence-corrected chi connectivity index (χ0v) is 20.4. The van der Waals surface area contributed by atoms with Crippen LogP contribution in [0.2, 0.25) is 0 Å². The van der Waals surface area contributed by atoms with E-state index in [1.165, 1.54) is 27.8 Å². The third kappa shape index (κ3) is 4.36. The average Bonchev–Trinajstić information content (AvgIpc) is 3.56. The van der Waals surface area contributed by atoms with Crippen LogP contribution in [0.3, 0.4) is 0 Å². The summed E-state index contributed by atoms with van der Waals surface area (Å²) >= 11 is 1.36. The predicted molar refractivity (Wildman–Crippen MR) is 137 cm³/mol. The van der Waals surface area contributed by atoms with Crippen molar-refractivity contribution in [1.29, 1.82) is 0 Å². The van der Waals surface area contributed by atoms with Crippen molar-refractivity contribution in [3.63, 3.8) is 0 Å². The predicted octanol–water partition coefficient (Wildman–Crippen LogP) is 5.78. The molecule has 0 bridgehead atoms. The van der Waals surface area contributed by atoms with Gasteiger partial charge in [0, 0.05) is 29.6 Å². The SMILES string of the molecule is CN(C1CCCC1)S(=O)(=O)c1ccc(C(=O)Nc2nc(-c3cccc4ccccc34)cs2)cc1. The van der Waals surface area contributed by atoms with E-state index in [-0.39, 0.29) is 16.8 Å². The Morgan fingerprint density at radius 3 is 2.47 bits per heavy atom. The lowest BCUT2D eigenvalue weighted by Crippen LogP contribution is -2.35. The molecule has 1 fully saturated rings. The van der Waals surface area contributed by atoms with Crippen molar-refractivity contribution in [3.05, 3.63) is 77.7 Å². The highest BCUT2D eigenvalue weighted by Gasteiger charge is 2.30. The molecular weight excluding hydrogens is 466 g/mol. The first-order chi connectivity index (χ1) is 16.4. The highest BCUT2D eigenvalue weighted by molar-refractivity contribution is 7.89. The first-order valence-corrected chi connectivity index (χ1v) is 13.6. The summed E-state index contributed by atoms with van der Waals surface area (Å²) in [4.78, 5) is 17.6. The van der Waals surface area contributed by atoms with Gasteiger partial charge in [-0.15, -0.1) is 11.3 Å². The fourth-order valence-electron chi connectivity index (χ4n) is 4.48. The maximum atomic E-state index is 12.9. The third-order valence-corrected chi connectivity index (χ3v) is 9.10. The van der Waals surface area contributed by atoms with Crippen molar-refractivity contribution < 1.29 is 13.2 Å². The van der Waals surface area contributed by atoms with Crippen LogP contribution in [-0.2, 0) is 10.0 Å². The minimum atomic E-state index is -3.58. The van der Waals surface area contributed by atoms with Gasteiger partial charge in [0.15, 0.2) is 5.13 Å². The Kier molecular flexibility index (Phi) is 6.20. The number of carbonyl (C=O) groups excluding carboxylic acids is 1. The van der Waals surface area contributed by atoms with Crippen LogP contribution < -0.4 is 5.32 Å². The Morgan fingerprint density at radius 1 is 1.00 bits per heavy atom. The van der Waals surface area contributed by atoms with Gasteiger partial charge in [-0.25, -0.2) is 13.4 Å². The van der Waals surface area contributed by atoms with Gasteiger partial charge in [0.05, 0.1) is 10.6 Å². The van der Waals surface area contributed by atoms with Gasteiger partial charge in [-0.2, -0.15) is 4.31 Å². The average molecular weight is 492 g/mol. The van der Waals surface area contributed by atoms with Crippen molar-refractivity contribution in [2.75, 3.05) is 12.4 Å². The van der Waals surface area contributed by atoms with Crippen molar-refractivity contribution in [2.45, 2.75) is 36.6 Å². The van der Waals surface area contributed by atoms with Gasteiger partial charge in [-0.3, -0.25) is 10.1 Å². The van der Waals surface area contributed by atoms with Crippen LogP contribution >= 0.6 is 11.3 Å². The number of hydrogen-bond acceptors (Lipinski definition) is 5. The topological polar surface area (TPSA) is 79.4 Å². The number of hydrogen-bond donors (Lipinski definition) is 1. The molecule has 3 aromatic carbocycles. The number of aromatic nitrogens is 1. The smallest absolute Gasteiger partial charge is 0.257 e. The fourth-order valence-corrected chi connectivity index (χ4v) is 6.60. The van der Waals surface area contributed by atoms with Gasteiger partial charge in [-0.05, 0) is 47.9 Å². The van der Waals surface area contributed by atoms with Gasteiger partial charge >= 0.3 is 0 Å². The molecule has 0 aliphatic heterocycles. The molecule has 8 heteroatoms. The highest BCUT2D eigenvalue weighted by Crippen LogP contribution is 2.31. The number of nitrogens with zero attached hydrogens (tertiary/aromatic N) is 2. The van der Waals surface area contributed by atoms with E-state index in [4.69, 9.17) is 0 Å². The number of rotatable bonds is 6. The highest BCUT2D eigenvalue weighted by atomic mass is 32.2. The Labute approximate surface area is 203 Å². The quantitative estimate of drug-likeness (QED) is 0.371. The molecule has 1 aromatic heterocycles. The van der Waals surface area contributed by atoms with Crippen LogP contribution in [-0.4, -0.2) is 36.7 Å². The van der Waals surface area contributed by atoms with Crippen molar-refractivity contribution in [2.24, 2.45) is 0 Å². The van der Waals surface area contributed by atoms with Crippen molar-refractivity contribution >= 4 is 43.2 Å². The lowest BCUT2D eigenvalue weighted by atomic mass is 10.0. The zero-order valence-electron chi connectivity index (χ0n) is 18.8. The van der Waals surface area contributed by atoms with E-state index in [2.05, 4.69) is 28.5 Å². The molecule has 0 radical (unpaired) electrons. The maximum Gasteiger partial charge on any atom is 0.257 e. The number of benzene rings is 3. The van der Waals surface area contributed by atoms with Gasteiger partial charge in [0.25, 0.3) is 5.91 Å². The van der Waals surface area contributed by atoms with E-state index in [0.29, 0.717) is 10.7 Å². The Morgan fingerprint density at radius 2 is 1.71 bits per heavy atom. The van der Waals surface area contributed by atoms with Crippen molar-refractivity contribution in [3.8, 4) is 11.3 Å². The molecule has 1 N–H and O–H groups in total. The lowest BCUT2D eigenvalue weighted by Gasteiger charge is -2.23. The maximum absolute atomic E-state index is 12.9. The van der Waals surface area contributed by atoms with Crippen LogP contribution in [0.25, 0.3) is 22.0 Å². The summed E-state index contributed by atoms with van der Waals surface area (Å²) in [5, 5.41) is 7.48. The van der Waals surface area contributed by atoms with Crippen LogP contribution in [0.5, 0.6) is 0 Å². The molecule has 4 aromatic rings. The molecule has 1 amide bonds. The molecule has 1 aliphatic rings. The summed E-state index contributed by atoms with van der Waals surface area (Å²) in [5.74, 6) is -0.327. The second-order valence-corrected chi connectivity index (χ2v) is 11.4. The molecule has 34 heavy (non-hydrogen) atoms. The van der Waals surface area contributed by atoms with E-state index >= 15 is 0 Å². The first-order valence-electron chi connectivity index (χ1n) is 11.3.